The summed E-state index contributed by atoms with van der Waals surface area (Å²) in [5.74, 6) is 0.634. The summed E-state index contributed by atoms with van der Waals surface area (Å²) >= 11 is 0. The summed E-state index contributed by atoms with van der Waals surface area (Å²) in [6.45, 7) is 5.18. The normalized spacial score (nSPS) is 25.2. The molecule has 0 aliphatic heterocycles. The van der Waals surface area contributed by atoms with Crippen molar-refractivity contribution in [2.24, 2.45) is 11.7 Å². The minimum Gasteiger partial charge on any atom is -0.330 e. The quantitative estimate of drug-likeness (QED) is 0.848. The highest BCUT2D eigenvalue weighted by atomic mass is 15.3. The standard InChI is InChI=1S/C13H23N3/c1-3-11-8-12(4-2)16(15-11)13-7-5-6-10(13)9-14/h8,10,13H,3-7,9,14H2,1-2H3. The monoisotopic (exact) mass is 221 g/mol. The molecule has 2 rings (SSSR count). The SMILES string of the molecule is CCc1cc(CC)n(C2CCCC2CN)n1. The van der Waals surface area contributed by atoms with Crippen molar-refractivity contribution >= 4 is 0 Å². The van der Waals surface area contributed by atoms with E-state index in [1.54, 1.807) is 0 Å². The first kappa shape index (κ1) is 11.6. The Bertz CT molecular complexity index is 343. The van der Waals surface area contributed by atoms with E-state index in [1.165, 1.54) is 30.7 Å². The highest BCUT2D eigenvalue weighted by Gasteiger charge is 2.29. The third-order valence-electron chi connectivity index (χ3n) is 3.82. The van der Waals surface area contributed by atoms with Gasteiger partial charge in [0.1, 0.15) is 0 Å². The molecular formula is C13H23N3. The average Bonchev–Trinajstić information content (AvgIpc) is 2.93. The molecule has 1 aromatic rings. The van der Waals surface area contributed by atoms with Gasteiger partial charge in [-0.2, -0.15) is 5.10 Å². The molecule has 0 bridgehead atoms. The zero-order chi connectivity index (χ0) is 11.5. The van der Waals surface area contributed by atoms with E-state index in [0.717, 1.165) is 19.4 Å². The van der Waals surface area contributed by atoms with Gasteiger partial charge in [-0.05, 0) is 44.2 Å². The minimum atomic E-state index is 0.556. The van der Waals surface area contributed by atoms with Gasteiger partial charge in [0.25, 0.3) is 0 Å². The van der Waals surface area contributed by atoms with Gasteiger partial charge in [0.05, 0.1) is 11.7 Å². The van der Waals surface area contributed by atoms with Gasteiger partial charge in [-0.3, -0.25) is 4.68 Å². The van der Waals surface area contributed by atoms with Crippen LogP contribution < -0.4 is 5.73 Å². The van der Waals surface area contributed by atoms with Crippen LogP contribution in [0.5, 0.6) is 0 Å². The lowest BCUT2D eigenvalue weighted by Crippen LogP contribution is -2.23. The maximum Gasteiger partial charge on any atom is 0.0624 e. The molecule has 2 atom stereocenters. The van der Waals surface area contributed by atoms with Crippen molar-refractivity contribution < 1.29 is 0 Å². The summed E-state index contributed by atoms with van der Waals surface area (Å²) in [5, 5.41) is 4.74. The molecule has 2 N–H and O–H groups in total. The molecule has 3 heteroatoms. The van der Waals surface area contributed by atoms with E-state index in [2.05, 4.69) is 24.6 Å². The second-order valence-corrected chi connectivity index (χ2v) is 4.77. The molecule has 0 saturated heterocycles. The van der Waals surface area contributed by atoms with Crippen LogP contribution in [0.15, 0.2) is 6.07 Å². The molecule has 90 valence electrons. The van der Waals surface area contributed by atoms with Crippen LogP contribution in [0.2, 0.25) is 0 Å². The van der Waals surface area contributed by atoms with Gasteiger partial charge in [-0.1, -0.05) is 20.3 Å². The van der Waals surface area contributed by atoms with Crippen molar-refractivity contribution in [3.8, 4) is 0 Å². The summed E-state index contributed by atoms with van der Waals surface area (Å²) in [6.07, 6.45) is 5.92. The Hall–Kier alpha value is -0.830. The average molecular weight is 221 g/mol. The van der Waals surface area contributed by atoms with Crippen LogP contribution in [-0.4, -0.2) is 16.3 Å². The molecule has 0 radical (unpaired) electrons. The Kier molecular flexibility index (Phi) is 3.64. The summed E-state index contributed by atoms with van der Waals surface area (Å²) in [7, 11) is 0. The van der Waals surface area contributed by atoms with Crippen LogP contribution >= 0.6 is 0 Å². The zero-order valence-corrected chi connectivity index (χ0v) is 10.4. The van der Waals surface area contributed by atoms with Gasteiger partial charge in [0.15, 0.2) is 0 Å². The van der Waals surface area contributed by atoms with Crippen LogP contribution in [0, 0.1) is 5.92 Å². The van der Waals surface area contributed by atoms with Gasteiger partial charge in [0.2, 0.25) is 0 Å². The lowest BCUT2D eigenvalue weighted by atomic mass is 10.0. The van der Waals surface area contributed by atoms with Gasteiger partial charge in [-0.15, -0.1) is 0 Å². The largest absolute Gasteiger partial charge is 0.330 e. The van der Waals surface area contributed by atoms with Crippen LogP contribution in [0.3, 0.4) is 0 Å². The Labute approximate surface area is 98.0 Å². The first-order chi connectivity index (χ1) is 7.80. The Balaban J connectivity index is 2.27. The molecule has 1 heterocycles. The minimum absolute atomic E-state index is 0.556. The van der Waals surface area contributed by atoms with E-state index in [1.807, 2.05) is 0 Å². The van der Waals surface area contributed by atoms with Gasteiger partial charge in [0, 0.05) is 5.69 Å². The number of nitrogens with two attached hydrogens (primary N) is 1. The highest BCUT2D eigenvalue weighted by molar-refractivity contribution is 5.12. The smallest absolute Gasteiger partial charge is 0.0624 e. The van der Waals surface area contributed by atoms with Crippen molar-refractivity contribution in [2.45, 2.75) is 52.0 Å². The van der Waals surface area contributed by atoms with E-state index in [0.29, 0.717) is 12.0 Å². The molecule has 2 unspecified atom stereocenters. The van der Waals surface area contributed by atoms with E-state index < -0.39 is 0 Å². The number of hydrogen-bond donors (Lipinski definition) is 1. The number of aromatic nitrogens is 2. The molecule has 3 nitrogen and oxygen atoms in total. The van der Waals surface area contributed by atoms with Crippen LogP contribution in [0.1, 0.15) is 50.5 Å². The Morgan fingerprint density at radius 3 is 2.81 bits per heavy atom. The van der Waals surface area contributed by atoms with E-state index in [4.69, 9.17) is 10.8 Å². The highest BCUT2D eigenvalue weighted by Crippen LogP contribution is 2.35. The maximum absolute atomic E-state index is 5.85. The summed E-state index contributed by atoms with van der Waals surface area (Å²) < 4.78 is 2.27. The molecule has 16 heavy (non-hydrogen) atoms. The molecule has 0 spiro atoms. The molecule has 0 aromatic carbocycles. The first-order valence-electron chi connectivity index (χ1n) is 6.57. The molecule has 1 aliphatic rings. The predicted octanol–water partition coefficient (Wildman–Crippen LogP) is 2.31. The number of hydrogen-bond acceptors (Lipinski definition) is 2. The summed E-state index contributed by atoms with van der Waals surface area (Å²) in [5.41, 5.74) is 8.45. The molecule has 1 aromatic heterocycles. The van der Waals surface area contributed by atoms with Gasteiger partial charge in [-0.25, -0.2) is 0 Å². The van der Waals surface area contributed by atoms with E-state index >= 15 is 0 Å². The number of rotatable bonds is 4. The topological polar surface area (TPSA) is 43.8 Å². The van der Waals surface area contributed by atoms with Crippen LogP contribution in [0.4, 0.5) is 0 Å². The van der Waals surface area contributed by atoms with Crippen molar-refractivity contribution in [1.29, 1.82) is 0 Å². The zero-order valence-electron chi connectivity index (χ0n) is 10.4. The molecular weight excluding hydrogens is 198 g/mol. The lowest BCUT2D eigenvalue weighted by Gasteiger charge is -2.20. The molecule has 1 fully saturated rings. The fourth-order valence-electron chi connectivity index (χ4n) is 2.83. The van der Waals surface area contributed by atoms with E-state index in [-0.39, 0.29) is 0 Å². The van der Waals surface area contributed by atoms with Crippen molar-refractivity contribution in [2.75, 3.05) is 6.54 Å². The van der Waals surface area contributed by atoms with Gasteiger partial charge >= 0.3 is 0 Å². The Morgan fingerprint density at radius 2 is 2.19 bits per heavy atom. The van der Waals surface area contributed by atoms with Crippen LogP contribution in [0.25, 0.3) is 0 Å². The fraction of sp³-hybridized carbons (Fsp3) is 0.769. The third kappa shape index (κ3) is 2.01. The molecule has 1 aliphatic carbocycles. The number of aryl methyl sites for hydroxylation is 2. The Morgan fingerprint density at radius 1 is 1.38 bits per heavy atom. The second-order valence-electron chi connectivity index (χ2n) is 4.77. The van der Waals surface area contributed by atoms with Gasteiger partial charge < -0.3 is 5.73 Å². The van der Waals surface area contributed by atoms with Crippen molar-refractivity contribution in [1.82, 2.24) is 9.78 Å². The van der Waals surface area contributed by atoms with Crippen molar-refractivity contribution in [3.05, 3.63) is 17.5 Å². The van der Waals surface area contributed by atoms with E-state index in [9.17, 15) is 0 Å². The third-order valence-corrected chi connectivity index (χ3v) is 3.82. The predicted molar refractivity (Wildman–Crippen MR) is 66.4 cm³/mol. The van der Waals surface area contributed by atoms with Crippen LogP contribution in [-0.2, 0) is 12.8 Å². The molecule has 1 saturated carbocycles. The number of nitrogens with zero attached hydrogens (tertiary/aromatic N) is 2. The first-order valence-corrected chi connectivity index (χ1v) is 6.57. The molecule has 0 amide bonds. The summed E-state index contributed by atoms with van der Waals surface area (Å²) in [4.78, 5) is 0. The second kappa shape index (κ2) is 5.00. The lowest BCUT2D eigenvalue weighted by molar-refractivity contribution is 0.348. The van der Waals surface area contributed by atoms with Crippen molar-refractivity contribution in [3.63, 3.8) is 0 Å². The summed E-state index contributed by atoms with van der Waals surface area (Å²) in [6, 6.07) is 2.81. The fourth-order valence-corrected chi connectivity index (χ4v) is 2.83. The maximum atomic E-state index is 5.85.